The molecule has 1 aromatic carbocycles. The first-order valence-electron chi connectivity index (χ1n) is 7.19. The minimum absolute atomic E-state index is 0.310. The highest BCUT2D eigenvalue weighted by Crippen LogP contribution is 2.27. The third kappa shape index (κ3) is 3.95. The molecule has 1 aliphatic rings. The fourth-order valence-electron chi connectivity index (χ4n) is 2.41. The Hall–Kier alpha value is -1.06. The minimum atomic E-state index is 0.310. The van der Waals surface area contributed by atoms with E-state index in [2.05, 4.69) is 37.4 Å². The predicted molar refractivity (Wildman–Crippen MR) is 77.7 cm³/mol. The molecule has 1 aliphatic heterocycles. The van der Waals surface area contributed by atoms with Gasteiger partial charge >= 0.3 is 0 Å². The summed E-state index contributed by atoms with van der Waals surface area (Å²) in [5.74, 6) is 1.65. The zero-order valence-electron chi connectivity index (χ0n) is 12.2. The zero-order valence-corrected chi connectivity index (χ0v) is 12.2. The highest BCUT2D eigenvalue weighted by Gasteiger charge is 2.16. The molecule has 3 nitrogen and oxygen atoms in total. The summed E-state index contributed by atoms with van der Waals surface area (Å²) in [5, 5.41) is 3.29. The first-order chi connectivity index (χ1) is 9.20. The van der Waals surface area contributed by atoms with E-state index in [1.54, 1.807) is 0 Å². The van der Waals surface area contributed by atoms with Crippen LogP contribution >= 0.6 is 0 Å². The van der Waals surface area contributed by atoms with Gasteiger partial charge in [0.15, 0.2) is 0 Å². The average molecular weight is 263 g/mol. The number of hydrogen-bond donors (Lipinski definition) is 1. The summed E-state index contributed by atoms with van der Waals surface area (Å²) >= 11 is 0. The molecule has 1 aromatic rings. The summed E-state index contributed by atoms with van der Waals surface area (Å²) in [6.07, 6.45) is 2.23. The van der Waals surface area contributed by atoms with Gasteiger partial charge in [-0.3, -0.25) is 0 Å². The van der Waals surface area contributed by atoms with Crippen LogP contribution in [-0.4, -0.2) is 26.9 Å². The van der Waals surface area contributed by atoms with E-state index in [-0.39, 0.29) is 0 Å². The van der Waals surface area contributed by atoms with Crippen LogP contribution in [-0.2, 0) is 4.74 Å². The molecule has 106 valence electrons. The van der Waals surface area contributed by atoms with Crippen molar-refractivity contribution in [1.29, 1.82) is 0 Å². The zero-order chi connectivity index (χ0) is 13.7. The molecule has 0 aromatic heterocycles. The molecule has 2 rings (SSSR count). The third-order valence-corrected chi connectivity index (χ3v) is 3.88. The second-order valence-corrected chi connectivity index (χ2v) is 5.42. The van der Waals surface area contributed by atoms with Crippen molar-refractivity contribution >= 4 is 0 Å². The van der Waals surface area contributed by atoms with Crippen molar-refractivity contribution in [2.75, 3.05) is 26.9 Å². The van der Waals surface area contributed by atoms with Crippen LogP contribution in [0.15, 0.2) is 18.2 Å². The lowest BCUT2D eigenvalue weighted by Gasteiger charge is -2.24. The van der Waals surface area contributed by atoms with E-state index < -0.39 is 0 Å². The van der Waals surface area contributed by atoms with Crippen molar-refractivity contribution in [1.82, 2.24) is 5.32 Å². The van der Waals surface area contributed by atoms with E-state index in [1.165, 1.54) is 11.1 Å². The number of ether oxygens (including phenoxy) is 2. The number of hydrogen-bond acceptors (Lipinski definition) is 3. The van der Waals surface area contributed by atoms with Gasteiger partial charge in [-0.25, -0.2) is 0 Å². The molecule has 1 unspecified atom stereocenters. The molecule has 0 spiro atoms. The van der Waals surface area contributed by atoms with Crippen molar-refractivity contribution < 1.29 is 9.47 Å². The van der Waals surface area contributed by atoms with Gasteiger partial charge in [0, 0.05) is 24.8 Å². The molecule has 1 saturated heterocycles. The number of aryl methyl sites for hydroxylation is 1. The number of benzene rings is 1. The van der Waals surface area contributed by atoms with E-state index in [9.17, 15) is 0 Å². The molecular formula is C16H25NO2. The molecule has 1 fully saturated rings. The highest BCUT2D eigenvalue weighted by atomic mass is 16.5. The van der Waals surface area contributed by atoms with Crippen LogP contribution in [0.3, 0.4) is 0 Å². The first-order valence-corrected chi connectivity index (χ1v) is 7.19. The molecule has 0 aliphatic carbocycles. The van der Waals surface area contributed by atoms with Crippen LogP contribution in [0.5, 0.6) is 5.75 Å². The van der Waals surface area contributed by atoms with Gasteiger partial charge in [0.25, 0.3) is 0 Å². The Kier molecular flexibility index (Phi) is 5.23. The van der Waals surface area contributed by atoms with Gasteiger partial charge in [-0.2, -0.15) is 0 Å². The largest absolute Gasteiger partial charge is 0.493 e. The summed E-state index contributed by atoms with van der Waals surface area (Å²) in [4.78, 5) is 0. The van der Waals surface area contributed by atoms with Crippen molar-refractivity contribution in [3.05, 3.63) is 29.3 Å². The van der Waals surface area contributed by atoms with Crippen LogP contribution in [0, 0.1) is 12.8 Å². The number of nitrogens with one attached hydrogen (secondary N) is 1. The Morgan fingerprint density at radius 1 is 1.37 bits per heavy atom. The van der Waals surface area contributed by atoms with E-state index in [0.717, 1.165) is 38.4 Å². The minimum Gasteiger partial charge on any atom is -0.493 e. The van der Waals surface area contributed by atoms with E-state index in [0.29, 0.717) is 12.0 Å². The summed E-state index contributed by atoms with van der Waals surface area (Å²) < 4.78 is 11.4. The van der Waals surface area contributed by atoms with Gasteiger partial charge < -0.3 is 14.8 Å². The summed E-state index contributed by atoms with van der Waals surface area (Å²) in [6.45, 7) is 6.84. The van der Waals surface area contributed by atoms with Gasteiger partial charge in [-0.1, -0.05) is 17.7 Å². The molecule has 0 radical (unpaired) electrons. The Morgan fingerprint density at radius 3 is 2.79 bits per heavy atom. The molecule has 0 saturated carbocycles. The smallest absolute Gasteiger partial charge is 0.124 e. The van der Waals surface area contributed by atoms with Gasteiger partial charge in [0.05, 0.1) is 6.61 Å². The van der Waals surface area contributed by atoms with Crippen LogP contribution in [0.4, 0.5) is 0 Å². The maximum atomic E-state index is 6.06. The second kappa shape index (κ2) is 6.92. The Bertz CT molecular complexity index is 400. The SMILES string of the molecule is CNC(C)c1cc(C)ccc1OCC1CCOCC1. The molecule has 1 atom stereocenters. The lowest BCUT2D eigenvalue weighted by atomic mass is 10.0. The standard InChI is InChI=1S/C16H25NO2/c1-12-4-5-16(15(10-12)13(2)17-3)19-11-14-6-8-18-9-7-14/h4-5,10,13-14,17H,6-9,11H2,1-3H3. The Balaban J connectivity index is 2.02. The molecule has 0 bridgehead atoms. The topological polar surface area (TPSA) is 30.5 Å². The fraction of sp³-hybridized carbons (Fsp3) is 0.625. The monoisotopic (exact) mass is 263 g/mol. The van der Waals surface area contributed by atoms with Crippen molar-refractivity contribution in [3.63, 3.8) is 0 Å². The van der Waals surface area contributed by atoms with E-state index in [1.807, 2.05) is 7.05 Å². The van der Waals surface area contributed by atoms with Gasteiger partial charge in [0.2, 0.25) is 0 Å². The molecule has 19 heavy (non-hydrogen) atoms. The maximum absolute atomic E-state index is 6.06. The van der Waals surface area contributed by atoms with Crippen molar-refractivity contribution in [2.24, 2.45) is 5.92 Å². The van der Waals surface area contributed by atoms with Gasteiger partial charge in [-0.15, -0.1) is 0 Å². The Morgan fingerprint density at radius 2 is 2.11 bits per heavy atom. The van der Waals surface area contributed by atoms with Gasteiger partial charge in [-0.05, 0) is 45.7 Å². The summed E-state index contributed by atoms with van der Waals surface area (Å²) in [6, 6.07) is 6.73. The third-order valence-electron chi connectivity index (χ3n) is 3.88. The predicted octanol–water partition coefficient (Wildman–Crippen LogP) is 3.08. The molecule has 1 N–H and O–H groups in total. The molecule has 1 heterocycles. The van der Waals surface area contributed by atoms with E-state index in [4.69, 9.17) is 9.47 Å². The van der Waals surface area contributed by atoms with Gasteiger partial charge in [0.1, 0.15) is 5.75 Å². The lowest BCUT2D eigenvalue weighted by Crippen LogP contribution is -2.22. The molecule has 0 amide bonds. The van der Waals surface area contributed by atoms with Crippen LogP contribution in [0.1, 0.15) is 36.9 Å². The van der Waals surface area contributed by atoms with Crippen molar-refractivity contribution in [3.8, 4) is 5.75 Å². The summed E-state index contributed by atoms with van der Waals surface area (Å²) in [5.41, 5.74) is 2.52. The Labute approximate surface area is 116 Å². The maximum Gasteiger partial charge on any atom is 0.124 e. The van der Waals surface area contributed by atoms with Crippen LogP contribution in [0.25, 0.3) is 0 Å². The van der Waals surface area contributed by atoms with Crippen LogP contribution in [0.2, 0.25) is 0 Å². The highest BCUT2D eigenvalue weighted by molar-refractivity contribution is 5.38. The van der Waals surface area contributed by atoms with Crippen LogP contribution < -0.4 is 10.1 Å². The summed E-state index contributed by atoms with van der Waals surface area (Å²) in [7, 11) is 1.98. The van der Waals surface area contributed by atoms with Crippen molar-refractivity contribution in [2.45, 2.75) is 32.7 Å². The molecular weight excluding hydrogens is 238 g/mol. The normalized spacial score (nSPS) is 18.3. The quantitative estimate of drug-likeness (QED) is 0.885. The molecule has 3 heteroatoms. The number of rotatable bonds is 5. The first kappa shape index (κ1) is 14.4. The average Bonchev–Trinajstić information content (AvgIpc) is 2.46. The van der Waals surface area contributed by atoms with E-state index >= 15 is 0 Å². The lowest BCUT2D eigenvalue weighted by molar-refractivity contribution is 0.0495. The second-order valence-electron chi connectivity index (χ2n) is 5.42. The fourth-order valence-corrected chi connectivity index (χ4v) is 2.41.